The molecule has 0 radical (unpaired) electrons. The summed E-state index contributed by atoms with van der Waals surface area (Å²) in [4.78, 5) is 50.6. The van der Waals surface area contributed by atoms with Crippen molar-refractivity contribution in [3.63, 3.8) is 0 Å². The Hall–Kier alpha value is -4.70. The van der Waals surface area contributed by atoms with Crippen LogP contribution in [0.3, 0.4) is 0 Å². The first-order valence-electron chi connectivity index (χ1n) is 11.1. The maximum absolute atomic E-state index is 13.2. The van der Waals surface area contributed by atoms with E-state index in [1.165, 1.54) is 68.8 Å². The Labute approximate surface area is 221 Å². The Morgan fingerprint density at radius 2 is 1.71 bits per heavy atom. The molecule has 0 aromatic heterocycles. The second-order valence-electron chi connectivity index (χ2n) is 7.95. The summed E-state index contributed by atoms with van der Waals surface area (Å²) in [7, 11) is 2.62. The van der Waals surface area contributed by atoms with Crippen molar-refractivity contribution in [3.05, 3.63) is 93.8 Å². The molecule has 3 aromatic rings. The van der Waals surface area contributed by atoms with E-state index in [1.807, 2.05) is 0 Å². The van der Waals surface area contributed by atoms with Gasteiger partial charge in [0.1, 0.15) is 18.0 Å². The molecule has 38 heavy (non-hydrogen) atoms. The van der Waals surface area contributed by atoms with Crippen LogP contribution in [0, 0.1) is 5.82 Å². The van der Waals surface area contributed by atoms with Gasteiger partial charge in [0.15, 0.2) is 11.5 Å². The quantitative estimate of drug-likeness (QED) is 0.267. The number of carbonyl (C=O) groups excluding carboxylic acids is 4. The highest BCUT2D eigenvalue weighted by molar-refractivity contribution is 6.39. The summed E-state index contributed by atoms with van der Waals surface area (Å²) in [5, 5.41) is 2.26. The summed E-state index contributed by atoms with van der Waals surface area (Å²) >= 11 is 6.41. The summed E-state index contributed by atoms with van der Waals surface area (Å²) in [6.07, 6.45) is 1.26. The van der Waals surface area contributed by atoms with Crippen molar-refractivity contribution >= 4 is 47.2 Å². The highest BCUT2D eigenvalue weighted by Crippen LogP contribution is 2.38. The minimum Gasteiger partial charge on any atom is -0.493 e. The minimum atomic E-state index is -0.942. The van der Waals surface area contributed by atoms with Crippen LogP contribution in [0.4, 0.5) is 14.9 Å². The Balaban J connectivity index is 1.61. The first-order valence-corrected chi connectivity index (χ1v) is 11.4. The largest absolute Gasteiger partial charge is 0.493 e. The highest BCUT2D eigenvalue weighted by atomic mass is 35.5. The number of carbonyl (C=O) groups is 4. The third-order valence-electron chi connectivity index (χ3n) is 5.51. The SMILES string of the molecule is COC(=O)c1ccc(N2C(=O)NC(=O)/C(=C\c3cc(Cl)c(OCc4ccc(F)cc4)c(OC)c3)C2=O)cc1. The van der Waals surface area contributed by atoms with Crippen molar-refractivity contribution in [2.75, 3.05) is 19.1 Å². The molecule has 1 aliphatic heterocycles. The van der Waals surface area contributed by atoms with Gasteiger partial charge in [0.05, 0.1) is 30.5 Å². The van der Waals surface area contributed by atoms with E-state index < -0.39 is 23.8 Å². The number of rotatable bonds is 7. The molecule has 1 N–H and O–H groups in total. The number of methoxy groups -OCH3 is 2. The summed E-state index contributed by atoms with van der Waals surface area (Å²) in [5.41, 5.74) is 1.05. The highest BCUT2D eigenvalue weighted by Gasteiger charge is 2.37. The van der Waals surface area contributed by atoms with Gasteiger partial charge in [-0.15, -0.1) is 0 Å². The number of urea groups is 1. The number of benzene rings is 3. The smallest absolute Gasteiger partial charge is 0.337 e. The molecule has 9 nitrogen and oxygen atoms in total. The molecule has 0 bridgehead atoms. The molecule has 0 atom stereocenters. The van der Waals surface area contributed by atoms with Gasteiger partial charge in [-0.3, -0.25) is 14.9 Å². The molecule has 0 aliphatic carbocycles. The number of hydrogen-bond acceptors (Lipinski definition) is 7. The molecule has 0 spiro atoms. The van der Waals surface area contributed by atoms with Crippen LogP contribution in [0.2, 0.25) is 5.02 Å². The summed E-state index contributed by atoms with van der Waals surface area (Å²) < 4.78 is 28.9. The molecule has 4 rings (SSSR count). The third-order valence-corrected chi connectivity index (χ3v) is 5.79. The lowest BCUT2D eigenvalue weighted by molar-refractivity contribution is -0.122. The van der Waals surface area contributed by atoms with Gasteiger partial charge < -0.3 is 14.2 Å². The molecular weight excluding hydrogens is 519 g/mol. The fraction of sp³-hybridized carbons (Fsp3) is 0.111. The molecule has 0 unspecified atom stereocenters. The Morgan fingerprint density at radius 1 is 1.03 bits per heavy atom. The van der Waals surface area contributed by atoms with Gasteiger partial charge in [0.25, 0.3) is 11.8 Å². The number of halogens is 2. The van der Waals surface area contributed by atoms with E-state index in [0.29, 0.717) is 11.1 Å². The zero-order chi connectivity index (χ0) is 27.4. The number of nitrogens with zero attached hydrogens (tertiary/aromatic N) is 1. The predicted molar refractivity (Wildman–Crippen MR) is 136 cm³/mol. The Bertz CT molecular complexity index is 1450. The van der Waals surface area contributed by atoms with Crippen LogP contribution in [-0.4, -0.2) is 38.0 Å². The van der Waals surface area contributed by atoms with Crippen LogP contribution in [0.5, 0.6) is 11.5 Å². The lowest BCUT2D eigenvalue weighted by atomic mass is 10.1. The Kier molecular flexibility index (Phi) is 7.73. The number of imide groups is 2. The molecule has 194 valence electrons. The van der Waals surface area contributed by atoms with E-state index in [-0.39, 0.29) is 45.8 Å². The van der Waals surface area contributed by atoms with E-state index in [2.05, 4.69) is 10.1 Å². The second kappa shape index (κ2) is 11.1. The van der Waals surface area contributed by atoms with Crippen LogP contribution in [0.1, 0.15) is 21.5 Å². The van der Waals surface area contributed by atoms with Crippen molar-refractivity contribution in [2.24, 2.45) is 0 Å². The molecule has 1 saturated heterocycles. The number of nitrogens with one attached hydrogen (secondary N) is 1. The normalized spacial score (nSPS) is 14.4. The predicted octanol–water partition coefficient (Wildman–Crippen LogP) is 4.52. The summed E-state index contributed by atoms with van der Waals surface area (Å²) in [6, 6.07) is 13.3. The van der Waals surface area contributed by atoms with Crippen molar-refractivity contribution in [1.29, 1.82) is 0 Å². The van der Waals surface area contributed by atoms with Gasteiger partial charge in [-0.25, -0.2) is 18.9 Å². The van der Waals surface area contributed by atoms with Crippen molar-refractivity contribution in [3.8, 4) is 11.5 Å². The van der Waals surface area contributed by atoms with Crippen molar-refractivity contribution in [2.45, 2.75) is 6.61 Å². The monoisotopic (exact) mass is 538 g/mol. The molecule has 3 aromatic carbocycles. The van der Waals surface area contributed by atoms with E-state index in [9.17, 15) is 23.6 Å². The Morgan fingerprint density at radius 3 is 2.34 bits per heavy atom. The van der Waals surface area contributed by atoms with Crippen LogP contribution in [0.25, 0.3) is 6.08 Å². The van der Waals surface area contributed by atoms with E-state index in [0.717, 1.165) is 4.90 Å². The van der Waals surface area contributed by atoms with Crippen molar-refractivity contribution < 1.29 is 37.8 Å². The number of amides is 4. The average molecular weight is 539 g/mol. The van der Waals surface area contributed by atoms with Crippen LogP contribution in [0.15, 0.2) is 66.2 Å². The molecule has 1 fully saturated rings. The minimum absolute atomic E-state index is 0.0868. The zero-order valence-corrected chi connectivity index (χ0v) is 20.9. The molecule has 0 saturated carbocycles. The van der Waals surface area contributed by atoms with Crippen LogP contribution < -0.4 is 19.7 Å². The zero-order valence-electron chi connectivity index (χ0n) is 20.1. The molecule has 11 heteroatoms. The standard InChI is InChI=1S/C27H20ClFN2O7/c1-36-22-13-16(12-21(28)23(22)38-14-15-3-7-18(29)8-4-15)11-20-24(32)30-27(35)31(25(20)33)19-9-5-17(6-10-19)26(34)37-2/h3-13H,14H2,1-2H3,(H,30,32,35)/b20-11+. The topological polar surface area (TPSA) is 111 Å². The first-order chi connectivity index (χ1) is 18.2. The molecule has 1 heterocycles. The number of ether oxygens (including phenoxy) is 3. The van der Waals surface area contributed by atoms with E-state index in [4.69, 9.17) is 21.1 Å². The molecular formula is C27H20ClFN2O7. The third kappa shape index (κ3) is 5.50. The maximum Gasteiger partial charge on any atom is 0.337 e. The lowest BCUT2D eigenvalue weighted by Gasteiger charge is -2.26. The number of barbiturate groups is 1. The fourth-order valence-corrected chi connectivity index (χ4v) is 3.90. The first kappa shape index (κ1) is 26.4. The molecule has 1 aliphatic rings. The van der Waals surface area contributed by atoms with Gasteiger partial charge in [-0.1, -0.05) is 23.7 Å². The van der Waals surface area contributed by atoms with Crippen molar-refractivity contribution in [1.82, 2.24) is 5.32 Å². The number of hydrogen-bond donors (Lipinski definition) is 1. The van der Waals surface area contributed by atoms with Gasteiger partial charge >= 0.3 is 12.0 Å². The summed E-state index contributed by atoms with van der Waals surface area (Å²) in [6.45, 7) is 0.0868. The second-order valence-corrected chi connectivity index (χ2v) is 8.35. The van der Waals surface area contributed by atoms with Gasteiger partial charge in [-0.2, -0.15) is 0 Å². The van der Waals surface area contributed by atoms with Crippen LogP contribution >= 0.6 is 11.6 Å². The lowest BCUT2D eigenvalue weighted by Crippen LogP contribution is -2.54. The van der Waals surface area contributed by atoms with Gasteiger partial charge in [0, 0.05) is 0 Å². The van der Waals surface area contributed by atoms with Crippen LogP contribution in [-0.2, 0) is 20.9 Å². The van der Waals surface area contributed by atoms with E-state index in [1.54, 1.807) is 12.1 Å². The van der Waals surface area contributed by atoms with Gasteiger partial charge in [0.2, 0.25) is 0 Å². The fourth-order valence-electron chi connectivity index (χ4n) is 3.62. The number of anilines is 1. The summed E-state index contributed by atoms with van der Waals surface area (Å²) in [5.74, 6) is -2.30. The van der Waals surface area contributed by atoms with Gasteiger partial charge in [-0.05, 0) is 65.7 Å². The maximum atomic E-state index is 13.2. The average Bonchev–Trinajstić information content (AvgIpc) is 2.91. The number of esters is 1. The van der Waals surface area contributed by atoms with E-state index >= 15 is 0 Å². The molecule has 4 amide bonds.